The van der Waals surface area contributed by atoms with Crippen LogP contribution >= 0.6 is 15.9 Å². The first-order valence-electron chi connectivity index (χ1n) is 4.18. The van der Waals surface area contributed by atoms with Crippen LogP contribution in [0.3, 0.4) is 0 Å². The summed E-state index contributed by atoms with van der Waals surface area (Å²) in [6, 6.07) is 3.58. The summed E-state index contributed by atoms with van der Waals surface area (Å²) in [7, 11) is 1.87. The molecule has 0 bridgehead atoms. The summed E-state index contributed by atoms with van der Waals surface area (Å²) < 4.78 is 0.898. The van der Waals surface area contributed by atoms with Gasteiger partial charge in [0.1, 0.15) is 0 Å². The number of rotatable bonds is 0. The van der Waals surface area contributed by atoms with E-state index >= 15 is 0 Å². The van der Waals surface area contributed by atoms with Gasteiger partial charge in [0.15, 0.2) is 0 Å². The zero-order chi connectivity index (χ0) is 10.3. The number of hydrogen-bond donors (Lipinski definition) is 2. The summed E-state index contributed by atoms with van der Waals surface area (Å²) in [4.78, 5) is 13.1. The molecule has 0 fully saturated rings. The van der Waals surface area contributed by atoms with Crippen molar-refractivity contribution >= 4 is 38.9 Å². The Morgan fingerprint density at radius 3 is 3.00 bits per heavy atom. The van der Waals surface area contributed by atoms with Gasteiger partial charge in [0.05, 0.1) is 17.9 Å². The minimum atomic E-state index is -0.0162. The summed E-state index contributed by atoms with van der Waals surface area (Å²) in [5, 5.41) is 2.78. The standard InChI is InChI=1S/C9H10BrN3O/c1-13-4-8(14)12-7-3-5(11)2-6(10)9(7)13/h2-3H,4,11H2,1H3,(H,12,14). The molecule has 3 N–H and O–H groups in total. The number of fused-ring (bicyclic) bond motifs is 1. The minimum absolute atomic E-state index is 0.0162. The van der Waals surface area contributed by atoms with Gasteiger partial charge < -0.3 is 16.0 Å². The fraction of sp³-hybridized carbons (Fsp3) is 0.222. The molecular weight excluding hydrogens is 246 g/mol. The van der Waals surface area contributed by atoms with E-state index in [1.165, 1.54) is 0 Å². The van der Waals surface area contributed by atoms with Gasteiger partial charge in [0.25, 0.3) is 0 Å². The van der Waals surface area contributed by atoms with Gasteiger partial charge in [0.2, 0.25) is 5.91 Å². The van der Waals surface area contributed by atoms with Crippen molar-refractivity contribution in [2.75, 3.05) is 29.5 Å². The Bertz CT molecular complexity index is 405. The number of anilines is 3. The van der Waals surface area contributed by atoms with E-state index in [1.807, 2.05) is 18.0 Å². The normalized spacial score (nSPS) is 15.0. The summed E-state index contributed by atoms with van der Waals surface area (Å²) in [5.41, 5.74) is 8.04. The molecule has 1 heterocycles. The fourth-order valence-corrected chi connectivity index (χ4v) is 2.37. The Kier molecular flexibility index (Phi) is 2.11. The molecule has 4 nitrogen and oxygen atoms in total. The summed E-state index contributed by atoms with van der Waals surface area (Å²) in [5.74, 6) is -0.0162. The molecule has 1 aromatic carbocycles. The number of halogens is 1. The maximum atomic E-state index is 11.2. The monoisotopic (exact) mass is 255 g/mol. The lowest BCUT2D eigenvalue weighted by Crippen LogP contribution is -2.35. The number of hydrogen-bond acceptors (Lipinski definition) is 3. The first-order chi connectivity index (χ1) is 6.58. The van der Waals surface area contributed by atoms with E-state index in [1.54, 1.807) is 6.07 Å². The van der Waals surface area contributed by atoms with Crippen molar-refractivity contribution in [1.82, 2.24) is 0 Å². The number of benzene rings is 1. The molecule has 74 valence electrons. The molecule has 0 aromatic heterocycles. The van der Waals surface area contributed by atoms with Crippen LogP contribution in [-0.2, 0) is 4.79 Å². The first kappa shape index (κ1) is 9.33. The summed E-state index contributed by atoms with van der Waals surface area (Å²) in [6.45, 7) is 0.371. The highest BCUT2D eigenvalue weighted by Crippen LogP contribution is 2.37. The lowest BCUT2D eigenvalue weighted by molar-refractivity contribution is -0.115. The molecule has 0 saturated heterocycles. The minimum Gasteiger partial charge on any atom is -0.399 e. The van der Waals surface area contributed by atoms with Crippen molar-refractivity contribution in [2.45, 2.75) is 0 Å². The topological polar surface area (TPSA) is 58.4 Å². The molecule has 1 aliphatic rings. The summed E-state index contributed by atoms with van der Waals surface area (Å²) >= 11 is 3.42. The van der Waals surface area contributed by atoms with E-state index in [9.17, 15) is 4.79 Å². The van der Waals surface area contributed by atoms with Crippen LogP contribution < -0.4 is 16.0 Å². The number of nitrogens with zero attached hydrogens (tertiary/aromatic N) is 1. The number of amides is 1. The van der Waals surface area contributed by atoms with Crippen molar-refractivity contribution < 1.29 is 4.79 Å². The van der Waals surface area contributed by atoms with Crippen LogP contribution in [0.2, 0.25) is 0 Å². The van der Waals surface area contributed by atoms with E-state index in [0.717, 1.165) is 15.8 Å². The quantitative estimate of drug-likeness (QED) is 0.690. The fourth-order valence-electron chi connectivity index (χ4n) is 1.59. The molecule has 1 aromatic rings. The Morgan fingerprint density at radius 1 is 1.57 bits per heavy atom. The van der Waals surface area contributed by atoms with Gasteiger partial charge >= 0.3 is 0 Å². The van der Waals surface area contributed by atoms with E-state index in [-0.39, 0.29) is 5.91 Å². The van der Waals surface area contributed by atoms with Gasteiger partial charge in [-0.15, -0.1) is 0 Å². The van der Waals surface area contributed by atoms with Crippen LogP contribution in [0.25, 0.3) is 0 Å². The molecule has 1 amide bonds. The average molecular weight is 256 g/mol. The van der Waals surface area contributed by atoms with E-state index in [4.69, 9.17) is 5.73 Å². The van der Waals surface area contributed by atoms with Gasteiger partial charge in [-0.1, -0.05) is 0 Å². The molecule has 14 heavy (non-hydrogen) atoms. The SMILES string of the molecule is CN1CC(=O)Nc2cc(N)cc(Br)c21. The molecule has 2 rings (SSSR count). The lowest BCUT2D eigenvalue weighted by Gasteiger charge is -2.28. The third kappa shape index (κ3) is 1.43. The smallest absolute Gasteiger partial charge is 0.243 e. The second-order valence-electron chi connectivity index (χ2n) is 3.30. The zero-order valence-electron chi connectivity index (χ0n) is 7.67. The van der Waals surface area contributed by atoms with Crippen molar-refractivity contribution in [1.29, 1.82) is 0 Å². The van der Waals surface area contributed by atoms with Crippen LogP contribution in [0, 0.1) is 0 Å². The van der Waals surface area contributed by atoms with Crippen LogP contribution in [-0.4, -0.2) is 19.5 Å². The second kappa shape index (κ2) is 3.16. The maximum absolute atomic E-state index is 11.2. The highest BCUT2D eigenvalue weighted by Gasteiger charge is 2.21. The van der Waals surface area contributed by atoms with Crippen LogP contribution in [0.15, 0.2) is 16.6 Å². The Morgan fingerprint density at radius 2 is 2.29 bits per heavy atom. The third-order valence-corrected chi connectivity index (χ3v) is 2.73. The molecule has 0 radical (unpaired) electrons. The molecule has 1 aliphatic heterocycles. The van der Waals surface area contributed by atoms with Crippen LogP contribution in [0.5, 0.6) is 0 Å². The molecule has 0 unspecified atom stereocenters. The molecule has 0 spiro atoms. The van der Waals surface area contributed by atoms with Crippen molar-refractivity contribution in [3.8, 4) is 0 Å². The number of nitrogen functional groups attached to an aromatic ring is 1. The Balaban J connectivity index is 2.58. The van der Waals surface area contributed by atoms with Crippen molar-refractivity contribution in [2.24, 2.45) is 0 Å². The maximum Gasteiger partial charge on any atom is 0.243 e. The van der Waals surface area contributed by atoms with Gasteiger partial charge in [0, 0.05) is 17.2 Å². The zero-order valence-corrected chi connectivity index (χ0v) is 9.26. The number of carbonyl (C=O) groups is 1. The highest BCUT2D eigenvalue weighted by molar-refractivity contribution is 9.10. The predicted octanol–water partition coefficient (Wildman–Crippen LogP) is 1.42. The molecule has 0 atom stereocenters. The van der Waals surface area contributed by atoms with Crippen LogP contribution in [0.1, 0.15) is 0 Å². The molecule has 5 heteroatoms. The molecule has 0 saturated carbocycles. The first-order valence-corrected chi connectivity index (χ1v) is 4.97. The third-order valence-electron chi connectivity index (χ3n) is 2.12. The lowest BCUT2D eigenvalue weighted by atomic mass is 10.2. The molecule has 0 aliphatic carbocycles. The van der Waals surface area contributed by atoms with Gasteiger partial charge in [-0.05, 0) is 28.1 Å². The van der Waals surface area contributed by atoms with Crippen molar-refractivity contribution in [3.63, 3.8) is 0 Å². The van der Waals surface area contributed by atoms with Crippen molar-refractivity contribution in [3.05, 3.63) is 16.6 Å². The number of nitrogens with one attached hydrogen (secondary N) is 1. The number of likely N-dealkylation sites (N-methyl/N-ethyl adjacent to an activating group) is 1. The number of carbonyl (C=O) groups excluding carboxylic acids is 1. The predicted molar refractivity (Wildman–Crippen MR) is 60.5 cm³/mol. The van der Waals surface area contributed by atoms with E-state index in [0.29, 0.717) is 12.2 Å². The highest BCUT2D eigenvalue weighted by atomic mass is 79.9. The van der Waals surface area contributed by atoms with E-state index in [2.05, 4.69) is 21.2 Å². The average Bonchev–Trinajstić information content (AvgIpc) is 1.99. The summed E-state index contributed by atoms with van der Waals surface area (Å²) in [6.07, 6.45) is 0. The van der Waals surface area contributed by atoms with E-state index < -0.39 is 0 Å². The van der Waals surface area contributed by atoms with Gasteiger partial charge in [-0.3, -0.25) is 4.79 Å². The Hall–Kier alpha value is -1.23. The van der Waals surface area contributed by atoms with Crippen LogP contribution in [0.4, 0.5) is 17.1 Å². The number of nitrogens with two attached hydrogens (primary N) is 1. The largest absolute Gasteiger partial charge is 0.399 e. The molecular formula is C9H10BrN3O. The van der Waals surface area contributed by atoms with Gasteiger partial charge in [-0.25, -0.2) is 0 Å². The Labute approximate surface area is 90.2 Å². The van der Waals surface area contributed by atoms with Gasteiger partial charge in [-0.2, -0.15) is 0 Å². The second-order valence-corrected chi connectivity index (χ2v) is 4.16.